The lowest BCUT2D eigenvalue weighted by molar-refractivity contribution is -0.119. The lowest BCUT2D eigenvalue weighted by atomic mass is 9.83. The highest BCUT2D eigenvalue weighted by molar-refractivity contribution is 6.87. The minimum atomic E-state index is -1.40. The van der Waals surface area contributed by atoms with Gasteiger partial charge in [-0.05, 0) is 24.0 Å². The summed E-state index contributed by atoms with van der Waals surface area (Å²) in [4.78, 5) is 12.4. The van der Waals surface area contributed by atoms with Crippen LogP contribution in [-0.2, 0) is 4.79 Å². The molecule has 2 aliphatic carbocycles. The fourth-order valence-corrected chi connectivity index (χ4v) is 4.79. The average molecular weight is 236 g/mol. The van der Waals surface area contributed by atoms with E-state index in [2.05, 4.69) is 25.7 Å². The van der Waals surface area contributed by atoms with E-state index in [0.29, 0.717) is 17.6 Å². The number of carbonyl (C=O) groups excluding carboxylic acids is 1. The minimum Gasteiger partial charge on any atom is -0.295 e. The van der Waals surface area contributed by atoms with Crippen molar-refractivity contribution >= 4 is 13.9 Å². The van der Waals surface area contributed by atoms with Crippen LogP contribution in [0.5, 0.6) is 0 Å². The van der Waals surface area contributed by atoms with Gasteiger partial charge in [0, 0.05) is 5.92 Å². The summed E-state index contributed by atoms with van der Waals surface area (Å²) in [6.45, 7) is 6.90. The Kier molecular flexibility index (Phi) is 3.39. The zero-order valence-electron chi connectivity index (χ0n) is 10.9. The van der Waals surface area contributed by atoms with E-state index in [1.807, 2.05) is 0 Å². The largest absolute Gasteiger partial charge is 0.295 e. The number of carbonyl (C=O) groups is 1. The summed E-state index contributed by atoms with van der Waals surface area (Å²) >= 11 is 0. The van der Waals surface area contributed by atoms with Gasteiger partial charge in [0.2, 0.25) is 0 Å². The van der Waals surface area contributed by atoms with Crippen LogP contribution in [0.3, 0.4) is 0 Å². The van der Waals surface area contributed by atoms with E-state index in [-0.39, 0.29) is 0 Å². The van der Waals surface area contributed by atoms with Crippen LogP contribution in [0.25, 0.3) is 0 Å². The predicted molar refractivity (Wildman–Crippen MR) is 71.1 cm³/mol. The van der Waals surface area contributed by atoms with Crippen LogP contribution < -0.4 is 0 Å². The van der Waals surface area contributed by atoms with E-state index in [0.717, 1.165) is 6.42 Å². The van der Waals surface area contributed by atoms with Crippen molar-refractivity contribution in [3.05, 3.63) is 11.3 Å². The van der Waals surface area contributed by atoms with Crippen molar-refractivity contribution in [3.8, 4) is 0 Å². The molecule has 0 heterocycles. The van der Waals surface area contributed by atoms with Gasteiger partial charge in [-0.15, -0.1) is 0 Å². The van der Waals surface area contributed by atoms with Gasteiger partial charge in [-0.2, -0.15) is 0 Å². The highest BCUT2D eigenvalue weighted by atomic mass is 28.3. The van der Waals surface area contributed by atoms with Crippen LogP contribution in [0, 0.1) is 11.8 Å². The smallest absolute Gasteiger partial charge is 0.158 e. The lowest BCUT2D eigenvalue weighted by Gasteiger charge is -2.21. The molecule has 0 amide bonds. The summed E-state index contributed by atoms with van der Waals surface area (Å²) in [6, 6.07) is 0. The van der Waals surface area contributed by atoms with E-state index in [9.17, 15) is 4.79 Å². The standard InChI is InChI=1S/C14H24OSi/c1-16(2,3)13-10-11-8-6-4-5-7-9-12(11)14(13)15/h10-12H,4-9H2,1-3H3/t11-,12+/m1/s1. The Hall–Kier alpha value is -0.373. The van der Waals surface area contributed by atoms with Crippen molar-refractivity contribution in [2.75, 3.05) is 0 Å². The van der Waals surface area contributed by atoms with Crippen molar-refractivity contribution < 1.29 is 4.79 Å². The van der Waals surface area contributed by atoms with Crippen LogP contribution >= 0.6 is 0 Å². The third-order valence-electron chi connectivity index (χ3n) is 4.11. The van der Waals surface area contributed by atoms with Crippen molar-refractivity contribution in [2.45, 2.75) is 58.2 Å². The van der Waals surface area contributed by atoms with Gasteiger partial charge in [0.1, 0.15) is 0 Å². The number of hydrogen-bond donors (Lipinski definition) is 0. The maximum Gasteiger partial charge on any atom is 0.158 e. The molecule has 0 bridgehead atoms. The molecule has 0 spiro atoms. The minimum absolute atomic E-state index is 0.363. The predicted octanol–water partition coefficient (Wildman–Crippen LogP) is 3.96. The molecule has 0 aromatic carbocycles. The van der Waals surface area contributed by atoms with E-state index in [4.69, 9.17) is 0 Å². The van der Waals surface area contributed by atoms with Crippen molar-refractivity contribution in [2.24, 2.45) is 11.8 Å². The molecule has 1 fully saturated rings. The summed E-state index contributed by atoms with van der Waals surface area (Å²) in [5, 5.41) is 1.24. The second kappa shape index (κ2) is 4.48. The summed E-state index contributed by atoms with van der Waals surface area (Å²) < 4.78 is 0. The summed E-state index contributed by atoms with van der Waals surface area (Å²) in [5.74, 6) is 1.47. The normalized spacial score (nSPS) is 31.7. The molecule has 0 aromatic heterocycles. The molecule has 0 N–H and O–H groups in total. The molecule has 1 saturated carbocycles. The Balaban J connectivity index is 2.19. The highest BCUT2D eigenvalue weighted by Gasteiger charge is 2.40. The van der Waals surface area contributed by atoms with Gasteiger partial charge in [0.25, 0.3) is 0 Å². The number of ketones is 1. The second-order valence-electron chi connectivity index (χ2n) is 6.46. The van der Waals surface area contributed by atoms with E-state index in [1.165, 1.54) is 37.3 Å². The molecular formula is C14H24OSi. The number of fused-ring (bicyclic) bond motifs is 1. The summed E-state index contributed by atoms with van der Waals surface area (Å²) in [5.41, 5.74) is 0. The molecule has 0 saturated heterocycles. The molecule has 0 aromatic rings. The van der Waals surface area contributed by atoms with Crippen molar-refractivity contribution in [3.63, 3.8) is 0 Å². The molecule has 0 radical (unpaired) electrons. The van der Waals surface area contributed by atoms with Gasteiger partial charge in [-0.3, -0.25) is 4.79 Å². The topological polar surface area (TPSA) is 17.1 Å². The molecule has 2 heteroatoms. The van der Waals surface area contributed by atoms with Crippen LogP contribution in [0.15, 0.2) is 11.3 Å². The quantitative estimate of drug-likeness (QED) is 0.630. The second-order valence-corrected chi connectivity index (χ2v) is 11.5. The third kappa shape index (κ3) is 2.32. The van der Waals surface area contributed by atoms with Crippen LogP contribution in [0.1, 0.15) is 38.5 Å². The third-order valence-corrected chi connectivity index (χ3v) is 6.14. The van der Waals surface area contributed by atoms with E-state index < -0.39 is 8.07 Å². The first-order chi connectivity index (χ1) is 7.50. The van der Waals surface area contributed by atoms with Gasteiger partial charge in [-0.25, -0.2) is 0 Å². The molecule has 90 valence electrons. The van der Waals surface area contributed by atoms with Gasteiger partial charge >= 0.3 is 0 Å². The molecule has 0 aliphatic heterocycles. The number of allylic oxidation sites excluding steroid dienone is 2. The number of rotatable bonds is 1. The van der Waals surface area contributed by atoms with Crippen LogP contribution in [0.4, 0.5) is 0 Å². The molecule has 2 aliphatic rings. The SMILES string of the molecule is C[Si](C)(C)C1=C[C@H]2CCCCCC[C@@H]2C1=O. The van der Waals surface area contributed by atoms with Crippen molar-refractivity contribution in [1.82, 2.24) is 0 Å². The van der Waals surface area contributed by atoms with Gasteiger partial charge < -0.3 is 0 Å². The van der Waals surface area contributed by atoms with Crippen LogP contribution in [-0.4, -0.2) is 13.9 Å². The maximum atomic E-state index is 12.4. The number of Topliss-reactive ketones (excluding diaryl/α,β-unsaturated/α-hetero) is 1. The Morgan fingerprint density at radius 3 is 2.31 bits per heavy atom. The first-order valence-corrected chi connectivity index (χ1v) is 10.3. The maximum absolute atomic E-state index is 12.4. The Morgan fingerprint density at radius 2 is 1.69 bits per heavy atom. The number of hydrogen-bond acceptors (Lipinski definition) is 1. The fraction of sp³-hybridized carbons (Fsp3) is 0.786. The molecule has 2 rings (SSSR count). The van der Waals surface area contributed by atoms with Crippen molar-refractivity contribution in [1.29, 1.82) is 0 Å². The summed E-state index contributed by atoms with van der Waals surface area (Å²) in [7, 11) is -1.40. The van der Waals surface area contributed by atoms with Crippen LogP contribution in [0.2, 0.25) is 19.6 Å². The first-order valence-electron chi connectivity index (χ1n) is 6.76. The van der Waals surface area contributed by atoms with E-state index in [1.54, 1.807) is 0 Å². The fourth-order valence-electron chi connectivity index (χ4n) is 3.15. The summed E-state index contributed by atoms with van der Waals surface area (Å²) in [6.07, 6.45) is 10.1. The first kappa shape index (κ1) is 12.1. The lowest BCUT2D eigenvalue weighted by Crippen LogP contribution is -2.30. The molecule has 2 atom stereocenters. The zero-order valence-corrected chi connectivity index (χ0v) is 11.9. The highest BCUT2D eigenvalue weighted by Crippen LogP contribution is 2.39. The molecule has 0 unspecified atom stereocenters. The Labute approximate surface area is 100 Å². The molecular weight excluding hydrogens is 212 g/mol. The molecule has 16 heavy (non-hydrogen) atoms. The van der Waals surface area contributed by atoms with Gasteiger partial charge in [0.15, 0.2) is 5.78 Å². The average Bonchev–Trinajstić information content (AvgIpc) is 2.41. The zero-order chi connectivity index (χ0) is 11.8. The Bertz CT molecular complexity index is 311. The monoisotopic (exact) mass is 236 g/mol. The Morgan fingerprint density at radius 1 is 1.06 bits per heavy atom. The van der Waals surface area contributed by atoms with Gasteiger partial charge in [-0.1, -0.05) is 51.4 Å². The molecule has 1 nitrogen and oxygen atoms in total. The van der Waals surface area contributed by atoms with Gasteiger partial charge in [0.05, 0.1) is 8.07 Å². The van der Waals surface area contributed by atoms with E-state index >= 15 is 0 Å².